The standard InChI is InChI=1S/C14H19N3O/c1-14(2,3)13-16-12(18-17-13)11-6-4-5-10(9-11)7-8-15/h4-6,9H,7-8,15H2,1-3H3. The predicted molar refractivity (Wildman–Crippen MR) is 71.2 cm³/mol. The number of rotatable bonds is 3. The zero-order valence-electron chi connectivity index (χ0n) is 11.1. The first-order valence-electron chi connectivity index (χ1n) is 6.14. The first-order valence-corrected chi connectivity index (χ1v) is 6.14. The molecule has 0 bridgehead atoms. The second-order valence-electron chi connectivity index (χ2n) is 5.41. The summed E-state index contributed by atoms with van der Waals surface area (Å²) in [4.78, 5) is 4.44. The van der Waals surface area contributed by atoms with Gasteiger partial charge in [0.05, 0.1) is 0 Å². The Kier molecular flexibility index (Phi) is 3.48. The summed E-state index contributed by atoms with van der Waals surface area (Å²) < 4.78 is 5.32. The smallest absolute Gasteiger partial charge is 0.257 e. The van der Waals surface area contributed by atoms with Gasteiger partial charge in [-0.3, -0.25) is 0 Å². The number of nitrogens with zero attached hydrogens (tertiary/aromatic N) is 2. The quantitative estimate of drug-likeness (QED) is 0.902. The molecule has 0 saturated carbocycles. The summed E-state index contributed by atoms with van der Waals surface area (Å²) in [6.45, 7) is 6.83. The topological polar surface area (TPSA) is 64.9 Å². The van der Waals surface area contributed by atoms with Crippen LogP contribution in [0.1, 0.15) is 32.2 Å². The van der Waals surface area contributed by atoms with Crippen LogP contribution in [-0.4, -0.2) is 16.7 Å². The van der Waals surface area contributed by atoms with Crippen molar-refractivity contribution in [3.05, 3.63) is 35.7 Å². The molecule has 2 aromatic rings. The fraction of sp³-hybridized carbons (Fsp3) is 0.429. The van der Waals surface area contributed by atoms with Crippen LogP contribution < -0.4 is 5.73 Å². The zero-order valence-corrected chi connectivity index (χ0v) is 11.1. The monoisotopic (exact) mass is 245 g/mol. The summed E-state index contributed by atoms with van der Waals surface area (Å²) in [5, 5.41) is 4.03. The van der Waals surface area contributed by atoms with E-state index in [0.717, 1.165) is 17.8 Å². The van der Waals surface area contributed by atoms with E-state index in [2.05, 4.69) is 37.0 Å². The lowest BCUT2D eigenvalue weighted by Gasteiger charge is -2.10. The van der Waals surface area contributed by atoms with Gasteiger partial charge in [0.2, 0.25) is 0 Å². The van der Waals surface area contributed by atoms with Crippen molar-refractivity contribution < 1.29 is 4.52 Å². The van der Waals surface area contributed by atoms with Crippen LogP contribution in [0.4, 0.5) is 0 Å². The molecule has 0 saturated heterocycles. The summed E-state index contributed by atoms with van der Waals surface area (Å²) >= 11 is 0. The molecule has 4 heteroatoms. The van der Waals surface area contributed by atoms with Crippen molar-refractivity contribution in [2.45, 2.75) is 32.6 Å². The molecule has 0 aliphatic heterocycles. The van der Waals surface area contributed by atoms with E-state index in [1.807, 2.05) is 18.2 Å². The summed E-state index contributed by atoms with van der Waals surface area (Å²) in [7, 11) is 0. The molecule has 0 aliphatic carbocycles. The zero-order chi connectivity index (χ0) is 13.2. The average Bonchev–Trinajstić information content (AvgIpc) is 2.78. The third kappa shape index (κ3) is 2.76. The molecule has 1 aromatic heterocycles. The third-order valence-corrected chi connectivity index (χ3v) is 2.70. The molecule has 0 spiro atoms. The van der Waals surface area contributed by atoms with Crippen LogP contribution in [0.3, 0.4) is 0 Å². The number of nitrogens with two attached hydrogens (primary N) is 1. The molecule has 0 unspecified atom stereocenters. The van der Waals surface area contributed by atoms with Crippen LogP contribution in [0, 0.1) is 0 Å². The lowest BCUT2D eigenvalue weighted by Crippen LogP contribution is -2.13. The van der Waals surface area contributed by atoms with E-state index in [1.54, 1.807) is 0 Å². The first kappa shape index (κ1) is 12.8. The van der Waals surface area contributed by atoms with Gasteiger partial charge in [-0.25, -0.2) is 0 Å². The second-order valence-corrected chi connectivity index (χ2v) is 5.41. The summed E-state index contributed by atoms with van der Waals surface area (Å²) in [6, 6.07) is 8.06. The summed E-state index contributed by atoms with van der Waals surface area (Å²) in [6.07, 6.45) is 0.855. The number of hydrogen-bond donors (Lipinski definition) is 1. The lowest BCUT2D eigenvalue weighted by molar-refractivity contribution is 0.402. The number of benzene rings is 1. The number of hydrogen-bond acceptors (Lipinski definition) is 4. The Morgan fingerprint density at radius 3 is 2.67 bits per heavy atom. The molecule has 0 radical (unpaired) electrons. The normalized spacial score (nSPS) is 11.8. The highest BCUT2D eigenvalue weighted by molar-refractivity contribution is 5.54. The van der Waals surface area contributed by atoms with Gasteiger partial charge in [0.1, 0.15) is 0 Å². The van der Waals surface area contributed by atoms with E-state index >= 15 is 0 Å². The highest BCUT2D eigenvalue weighted by atomic mass is 16.5. The Balaban J connectivity index is 2.31. The predicted octanol–water partition coefficient (Wildman–Crippen LogP) is 2.54. The van der Waals surface area contributed by atoms with Crippen LogP contribution in [0.2, 0.25) is 0 Å². The summed E-state index contributed by atoms with van der Waals surface area (Å²) in [5.41, 5.74) is 7.59. The van der Waals surface area contributed by atoms with E-state index in [4.69, 9.17) is 10.3 Å². The minimum atomic E-state index is -0.101. The van der Waals surface area contributed by atoms with Crippen molar-refractivity contribution in [1.82, 2.24) is 10.1 Å². The van der Waals surface area contributed by atoms with Crippen LogP contribution in [0.15, 0.2) is 28.8 Å². The van der Waals surface area contributed by atoms with Gasteiger partial charge in [-0.1, -0.05) is 38.1 Å². The highest BCUT2D eigenvalue weighted by Crippen LogP contribution is 2.24. The van der Waals surface area contributed by atoms with Gasteiger partial charge in [-0.2, -0.15) is 4.98 Å². The number of aromatic nitrogens is 2. The SMILES string of the molecule is CC(C)(C)c1noc(-c2cccc(CCN)c2)n1. The minimum Gasteiger partial charge on any atom is -0.334 e. The van der Waals surface area contributed by atoms with Crippen molar-refractivity contribution in [1.29, 1.82) is 0 Å². The van der Waals surface area contributed by atoms with Gasteiger partial charge in [0.15, 0.2) is 5.82 Å². The van der Waals surface area contributed by atoms with Gasteiger partial charge in [0.25, 0.3) is 5.89 Å². The maximum absolute atomic E-state index is 5.56. The lowest BCUT2D eigenvalue weighted by atomic mass is 9.96. The minimum absolute atomic E-state index is 0.101. The van der Waals surface area contributed by atoms with E-state index in [0.29, 0.717) is 12.4 Å². The molecule has 0 aliphatic rings. The van der Waals surface area contributed by atoms with Gasteiger partial charge in [-0.15, -0.1) is 0 Å². The largest absolute Gasteiger partial charge is 0.334 e. The van der Waals surface area contributed by atoms with E-state index in [9.17, 15) is 0 Å². The Labute approximate surface area is 107 Å². The third-order valence-electron chi connectivity index (χ3n) is 2.70. The molecule has 2 N–H and O–H groups in total. The molecule has 96 valence electrons. The van der Waals surface area contributed by atoms with Crippen LogP contribution in [0.25, 0.3) is 11.5 Å². The first-order chi connectivity index (χ1) is 8.50. The molecule has 18 heavy (non-hydrogen) atoms. The van der Waals surface area contributed by atoms with Crippen LogP contribution in [-0.2, 0) is 11.8 Å². The Morgan fingerprint density at radius 1 is 1.28 bits per heavy atom. The maximum atomic E-state index is 5.56. The molecule has 4 nitrogen and oxygen atoms in total. The molecular formula is C14H19N3O. The fourth-order valence-corrected chi connectivity index (χ4v) is 1.67. The van der Waals surface area contributed by atoms with Crippen molar-refractivity contribution in [2.75, 3.05) is 6.54 Å². The molecule has 0 atom stereocenters. The molecular weight excluding hydrogens is 226 g/mol. The van der Waals surface area contributed by atoms with Crippen molar-refractivity contribution in [2.24, 2.45) is 5.73 Å². The Morgan fingerprint density at radius 2 is 2.06 bits per heavy atom. The average molecular weight is 245 g/mol. The molecule has 2 rings (SSSR count). The second kappa shape index (κ2) is 4.90. The van der Waals surface area contributed by atoms with Crippen molar-refractivity contribution >= 4 is 0 Å². The van der Waals surface area contributed by atoms with Gasteiger partial charge in [-0.05, 0) is 30.7 Å². The molecule has 0 amide bonds. The van der Waals surface area contributed by atoms with Crippen LogP contribution in [0.5, 0.6) is 0 Å². The highest BCUT2D eigenvalue weighted by Gasteiger charge is 2.21. The molecule has 0 fully saturated rings. The maximum Gasteiger partial charge on any atom is 0.257 e. The van der Waals surface area contributed by atoms with Crippen molar-refractivity contribution in [3.63, 3.8) is 0 Å². The van der Waals surface area contributed by atoms with Crippen molar-refractivity contribution in [3.8, 4) is 11.5 Å². The molecule has 1 aromatic carbocycles. The van der Waals surface area contributed by atoms with E-state index in [-0.39, 0.29) is 5.41 Å². The Bertz CT molecular complexity index is 526. The van der Waals surface area contributed by atoms with Gasteiger partial charge in [0, 0.05) is 11.0 Å². The Hall–Kier alpha value is -1.68. The van der Waals surface area contributed by atoms with Crippen LogP contribution >= 0.6 is 0 Å². The van der Waals surface area contributed by atoms with E-state index in [1.165, 1.54) is 5.56 Å². The fourth-order valence-electron chi connectivity index (χ4n) is 1.67. The van der Waals surface area contributed by atoms with E-state index < -0.39 is 0 Å². The molecule has 1 heterocycles. The van der Waals surface area contributed by atoms with Gasteiger partial charge < -0.3 is 10.3 Å². The van der Waals surface area contributed by atoms with Gasteiger partial charge >= 0.3 is 0 Å². The summed E-state index contributed by atoms with van der Waals surface area (Å²) in [5.74, 6) is 1.29.